The average molecular weight is 359 g/mol. The second kappa shape index (κ2) is 16.3. The molecule has 6 heteroatoms. The van der Waals surface area contributed by atoms with Gasteiger partial charge >= 0.3 is 29.6 Å². The van der Waals surface area contributed by atoms with Gasteiger partial charge in [0, 0.05) is 0 Å². The Balaban J connectivity index is 0. The van der Waals surface area contributed by atoms with Gasteiger partial charge in [-0.3, -0.25) is 0 Å². The van der Waals surface area contributed by atoms with E-state index < -0.39 is 21.5 Å². The molecule has 0 rings (SSSR count). The molecular formula is C17H35NaO4S. The first-order chi connectivity index (χ1) is 10.4. The standard InChI is InChI=1S/C17H36O4S.Na/c1-3-5-7-8-9-10-11-12-13-15-17(22(19,20)21)16(18)14-6-4-2;/h16-18H,3-15H2,1-2H3,(H,19,20,21);/q;+1/p-1. The van der Waals surface area contributed by atoms with Gasteiger partial charge < -0.3 is 9.66 Å². The van der Waals surface area contributed by atoms with Crippen LogP contribution in [0.2, 0.25) is 0 Å². The molecule has 0 heterocycles. The van der Waals surface area contributed by atoms with Gasteiger partial charge in [-0.15, -0.1) is 0 Å². The van der Waals surface area contributed by atoms with Crippen LogP contribution in [-0.4, -0.2) is 29.4 Å². The van der Waals surface area contributed by atoms with E-state index in [2.05, 4.69) is 6.92 Å². The Hall–Kier alpha value is 0.870. The van der Waals surface area contributed by atoms with Crippen molar-refractivity contribution in [3.8, 4) is 0 Å². The van der Waals surface area contributed by atoms with Crippen molar-refractivity contribution in [1.29, 1.82) is 0 Å². The van der Waals surface area contributed by atoms with Gasteiger partial charge in [0.2, 0.25) is 0 Å². The Morgan fingerprint density at radius 3 is 1.65 bits per heavy atom. The molecule has 2 unspecified atom stereocenters. The number of aliphatic hydroxyl groups excluding tert-OH is 1. The van der Waals surface area contributed by atoms with E-state index in [1.807, 2.05) is 6.92 Å². The third-order valence-electron chi connectivity index (χ3n) is 4.25. The van der Waals surface area contributed by atoms with Crippen molar-refractivity contribution in [3.05, 3.63) is 0 Å². The zero-order valence-electron chi connectivity index (χ0n) is 15.4. The van der Waals surface area contributed by atoms with E-state index in [1.165, 1.54) is 38.5 Å². The van der Waals surface area contributed by atoms with Crippen molar-refractivity contribution in [3.63, 3.8) is 0 Å². The van der Waals surface area contributed by atoms with Gasteiger partial charge in [-0.2, -0.15) is 0 Å². The molecule has 0 radical (unpaired) electrons. The van der Waals surface area contributed by atoms with Crippen molar-refractivity contribution in [2.45, 2.75) is 109 Å². The molecule has 0 aliphatic carbocycles. The number of aliphatic hydroxyl groups is 1. The predicted molar refractivity (Wildman–Crippen MR) is 90.9 cm³/mol. The van der Waals surface area contributed by atoms with Gasteiger partial charge in [0.1, 0.15) is 10.1 Å². The Kier molecular flexibility index (Phi) is 18.5. The summed E-state index contributed by atoms with van der Waals surface area (Å²) in [6.45, 7) is 4.18. The van der Waals surface area contributed by atoms with Gasteiger partial charge in [-0.25, -0.2) is 8.42 Å². The van der Waals surface area contributed by atoms with Crippen LogP contribution in [0.25, 0.3) is 0 Å². The van der Waals surface area contributed by atoms with Crippen LogP contribution in [0.4, 0.5) is 0 Å². The molecule has 4 nitrogen and oxygen atoms in total. The fourth-order valence-corrected chi connectivity index (χ4v) is 3.76. The van der Waals surface area contributed by atoms with Gasteiger partial charge in [0.25, 0.3) is 0 Å². The minimum atomic E-state index is -4.40. The second-order valence-electron chi connectivity index (χ2n) is 6.36. The summed E-state index contributed by atoms with van der Waals surface area (Å²) in [4.78, 5) is 0. The summed E-state index contributed by atoms with van der Waals surface area (Å²) in [6, 6.07) is 0. The zero-order chi connectivity index (χ0) is 16.8. The van der Waals surface area contributed by atoms with Gasteiger partial charge in [0.05, 0.1) is 11.4 Å². The Bertz CT molecular complexity index is 347. The molecule has 0 aliphatic heterocycles. The average Bonchev–Trinajstić information content (AvgIpc) is 2.45. The van der Waals surface area contributed by atoms with E-state index >= 15 is 0 Å². The van der Waals surface area contributed by atoms with E-state index in [0.717, 1.165) is 25.7 Å². The molecule has 0 amide bonds. The summed E-state index contributed by atoms with van der Waals surface area (Å²) >= 11 is 0. The number of hydrogen-bond donors (Lipinski definition) is 1. The van der Waals surface area contributed by atoms with Crippen LogP contribution in [0.5, 0.6) is 0 Å². The molecule has 0 saturated carbocycles. The van der Waals surface area contributed by atoms with Crippen molar-refractivity contribution >= 4 is 10.1 Å². The first-order valence-corrected chi connectivity index (χ1v) is 10.5. The fraction of sp³-hybridized carbons (Fsp3) is 1.00. The van der Waals surface area contributed by atoms with Crippen LogP contribution in [-0.2, 0) is 10.1 Å². The van der Waals surface area contributed by atoms with Gasteiger partial charge in [0.15, 0.2) is 0 Å². The monoisotopic (exact) mass is 358 g/mol. The third kappa shape index (κ3) is 14.9. The molecule has 0 aromatic carbocycles. The summed E-state index contributed by atoms with van der Waals surface area (Å²) in [5, 5.41) is 8.80. The summed E-state index contributed by atoms with van der Waals surface area (Å²) in [7, 11) is -4.40. The summed E-state index contributed by atoms with van der Waals surface area (Å²) < 4.78 is 33.9. The molecule has 0 aromatic heterocycles. The first kappa shape index (κ1) is 26.1. The molecule has 1 N–H and O–H groups in total. The number of hydrogen-bond acceptors (Lipinski definition) is 4. The van der Waals surface area contributed by atoms with Crippen LogP contribution < -0.4 is 29.6 Å². The largest absolute Gasteiger partial charge is 1.00 e. The first-order valence-electron chi connectivity index (χ1n) is 9.06. The van der Waals surface area contributed by atoms with E-state index in [4.69, 9.17) is 0 Å². The van der Waals surface area contributed by atoms with Gasteiger partial charge in [-0.1, -0.05) is 84.5 Å². The topological polar surface area (TPSA) is 77.4 Å². The Morgan fingerprint density at radius 2 is 1.22 bits per heavy atom. The molecule has 0 aromatic rings. The van der Waals surface area contributed by atoms with Crippen LogP contribution in [0, 0.1) is 0 Å². The summed E-state index contributed by atoms with van der Waals surface area (Å²) in [5.41, 5.74) is 0. The number of rotatable bonds is 15. The summed E-state index contributed by atoms with van der Waals surface area (Å²) in [6.07, 6.45) is 11.6. The van der Waals surface area contributed by atoms with Crippen LogP contribution in [0.1, 0.15) is 97.3 Å². The minimum absolute atomic E-state index is 0. The minimum Gasteiger partial charge on any atom is -0.748 e. The molecule has 134 valence electrons. The number of unbranched alkanes of at least 4 members (excludes halogenated alkanes) is 9. The fourth-order valence-electron chi connectivity index (χ4n) is 2.78. The van der Waals surface area contributed by atoms with Crippen LogP contribution in [0.3, 0.4) is 0 Å². The maximum atomic E-state index is 11.3. The molecule has 0 aliphatic rings. The Labute approximate surface area is 165 Å². The molecule has 2 atom stereocenters. The molecular weight excluding hydrogens is 323 g/mol. The van der Waals surface area contributed by atoms with Crippen molar-refractivity contribution in [2.75, 3.05) is 0 Å². The van der Waals surface area contributed by atoms with E-state index in [-0.39, 0.29) is 29.6 Å². The maximum Gasteiger partial charge on any atom is 1.00 e. The zero-order valence-corrected chi connectivity index (χ0v) is 18.2. The van der Waals surface area contributed by atoms with Crippen molar-refractivity contribution in [1.82, 2.24) is 0 Å². The molecule has 0 saturated heterocycles. The van der Waals surface area contributed by atoms with Crippen LogP contribution in [0.15, 0.2) is 0 Å². The smallest absolute Gasteiger partial charge is 0.748 e. The predicted octanol–water partition coefficient (Wildman–Crippen LogP) is 1.38. The molecule has 23 heavy (non-hydrogen) atoms. The third-order valence-corrected chi connectivity index (χ3v) is 5.54. The van der Waals surface area contributed by atoms with Crippen LogP contribution >= 0.6 is 0 Å². The quantitative estimate of drug-likeness (QED) is 0.272. The Morgan fingerprint density at radius 1 is 0.783 bits per heavy atom. The van der Waals surface area contributed by atoms with Crippen molar-refractivity contribution in [2.24, 2.45) is 0 Å². The van der Waals surface area contributed by atoms with Crippen molar-refractivity contribution < 1.29 is 47.6 Å². The van der Waals surface area contributed by atoms with E-state index in [1.54, 1.807) is 0 Å². The van der Waals surface area contributed by atoms with E-state index in [9.17, 15) is 18.1 Å². The molecule has 0 bridgehead atoms. The SMILES string of the molecule is CCCCCCCCCCCC(C(O)CCCC)S(=O)(=O)[O-].[Na+]. The molecule has 0 fully saturated rings. The maximum absolute atomic E-state index is 11.3. The summed E-state index contributed by atoms with van der Waals surface area (Å²) in [5.74, 6) is 0. The van der Waals surface area contributed by atoms with Gasteiger partial charge in [-0.05, 0) is 12.8 Å². The second-order valence-corrected chi connectivity index (χ2v) is 7.95. The van der Waals surface area contributed by atoms with E-state index in [0.29, 0.717) is 19.3 Å². The normalized spacial score (nSPS) is 14.3. The molecule has 0 spiro atoms.